The summed E-state index contributed by atoms with van der Waals surface area (Å²) in [5.41, 5.74) is 4.51. The second-order valence-electron chi connectivity index (χ2n) is 8.63. The molecule has 13 heteroatoms. The quantitative estimate of drug-likeness (QED) is 0.517. The fraction of sp³-hybridized carbons (Fsp3) is 0.381. The number of aromatic nitrogens is 3. The molecule has 0 atom stereocenters. The van der Waals surface area contributed by atoms with E-state index in [4.69, 9.17) is 17.3 Å². The largest absolute Gasteiger partial charge is 0.407 e. The zero-order valence-electron chi connectivity index (χ0n) is 17.6. The Kier molecular flexibility index (Phi) is 5.19. The van der Waals surface area contributed by atoms with Crippen LogP contribution < -0.4 is 10.5 Å². The molecule has 0 spiro atoms. The van der Waals surface area contributed by atoms with Crippen LogP contribution in [0.2, 0.25) is 5.02 Å². The average Bonchev–Trinajstić information content (AvgIpc) is 3.42. The van der Waals surface area contributed by atoms with Crippen LogP contribution in [-0.2, 0) is 10.0 Å². The van der Waals surface area contributed by atoms with E-state index in [0.29, 0.717) is 21.7 Å². The van der Waals surface area contributed by atoms with Gasteiger partial charge in [0.15, 0.2) is 0 Å². The van der Waals surface area contributed by atoms with Crippen molar-refractivity contribution in [3.8, 4) is 11.4 Å². The maximum absolute atomic E-state index is 13.2. The van der Waals surface area contributed by atoms with Crippen molar-refractivity contribution in [1.29, 1.82) is 0 Å². The van der Waals surface area contributed by atoms with Gasteiger partial charge >= 0.3 is 6.18 Å². The molecule has 0 saturated heterocycles. The zero-order chi connectivity index (χ0) is 24.5. The number of nitrogens with one attached hydrogen (secondary N) is 1. The van der Waals surface area contributed by atoms with Crippen LogP contribution in [0.5, 0.6) is 0 Å². The van der Waals surface area contributed by atoms with Gasteiger partial charge in [-0.1, -0.05) is 11.6 Å². The first-order valence-electron chi connectivity index (χ1n) is 10.5. The van der Waals surface area contributed by atoms with Crippen molar-refractivity contribution in [2.24, 2.45) is 5.73 Å². The summed E-state index contributed by atoms with van der Waals surface area (Å²) in [6.45, 7) is 0. The Morgan fingerprint density at radius 2 is 1.91 bits per heavy atom. The molecule has 0 radical (unpaired) electrons. The lowest BCUT2D eigenvalue weighted by atomic mass is 9.92. The maximum Gasteiger partial charge on any atom is 0.407 e. The van der Waals surface area contributed by atoms with Crippen molar-refractivity contribution in [2.75, 3.05) is 0 Å². The summed E-state index contributed by atoms with van der Waals surface area (Å²) in [7, 11) is -4.47. The summed E-state index contributed by atoms with van der Waals surface area (Å²) >= 11 is 6.10. The summed E-state index contributed by atoms with van der Waals surface area (Å²) in [6, 6.07) is 4.12. The van der Waals surface area contributed by atoms with E-state index in [-0.39, 0.29) is 30.1 Å². The summed E-state index contributed by atoms with van der Waals surface area (Å²) < 4.78 is 68.5. The highest BCUT2D eigenvalue weighted by Crippen LogP contribution is 2.50. The number of carbonyl (C=O) groups is 1. The first-order chi connectivity index (χ1) is 15.9. The van der Waals surface area contributed by atoms with Gasteiger partial charge in [-0.2, -0.15) is 17.9 Å². The molecule has 0 aliphatic heterocycles. The highest BCUT2D eigenvalue weighted by atomic mass is 35.5. The van der Waals surface area contributed by atoms with E-state index < -0.39 is 32.5 Å². The lowest BCUT2D eigenvalue weighted by Crippen LogP contribution is -2.47. The molecular weight excluding hydrogens is 495 g/mol. The van der Waals surface area contributed by atoms with Gasteiger partial charge in [0.25, 0.3) is 5.91 Å². The molecule has 8 nitrogen and oxygen atoms in total. The molecule has 2 saturated carbocycles. The first kappa shape index (κ1) is 23.1. The number of hydrogen-bond acceptors (Lipinski definition) is 5. The van der Waals surface area contributed by atoms with E-state index >= 15 is 0 Å². The fourth-order valence-electron chi connectivity index (χ4n) is 4.23. The van der Waals surface area contributed by atoms with Crippen molar-refractivity contribution in [1.82, 2.24) is 19.3 Å². The van der Waals surface area contributed by atoms with Crippen LogP contribution in [0.15, 0.2) is 35.5 Å². The standard InChI is InChI=1S/C21H19ClF3N5O3S/c22-11-8-14-16(18(26)31)17(30(12-2-1-3-12)19(14)28-9-11)15-5-4-13(10-27-15)34(32,33)29-20(6-7-20)21(23,24)25/h4-5,8-10,12,29H,1-3,6-7H2,(H2,26,31). The minimum atomic E-state index is -4.69. The maximum atomic E-state index is 13.2. The van der Waals surface area contributed by atoms with Gasteiger partial charge in [-0.25, -0.2) is 13.4 Å². The van der Waals surface area contributed by atoms with Gasteiger partial charge in [0.05, 0.1) is 22.0 Å². The minimum Gasteiger partial charge on any atom is -0.366 e. The van der Waals surface area contributed by atoms with Gasteiger partial charge in [0, 0.05) is 23.8 Å². The Labute approximate surface area is 197 Å². The normalized spacial score (nSPS) is 18.1. The first-order valence-corrected chi connectivity index (χ1v) is 12.4. The predicted molar refractivity (Wildman–Crippen MR) is 118 cm³/mol. The third-order valence-corrected chi connectivity index (χ3v) is 8.13. The van der Waals surface area contributed by atoms with E-state index in [0.717, 1.165) is 31.5 Å². The van der Waals surface area contributed by atoms with E-state index in [1.165, 1.54) is 12.3 Å². The van der Waals surface area contributed by atoms with Crippen LogP contribution in [0, 0.1) is 0 Å². The molecule has 2 fully saturated rings. The van der Waals surface area contributed by atoms with Crippen molar-refractivity contribution >= 4 is 38.6 Å². The smallest absolute Gasteiger partial charge is 0.366 e. The van der Waals surface area contributed by atoms with Gasteiger partial charge in [-0.15, -0.1) is 0 Å². The van der Waals surface area contributed by atoms with Crippen molar-refractivity contribution in [3.05, 3.63) is 41.2 Å². The molecule has 0 aromatic carbocycles. The SMILES string of the molecule is NC(=O)c1c(-c2ccc(S(=O)(=O)NC3(C(F)(F)F)CC3)cn2)n(C2CCC2)c2ncc(Cl)cc12. The number of hydrogen-bond donors (Lipinski definition) is 2. The highest BCUT2D eigenvalue weighted by molar-refractivity contribution is 7.89. The number of pyridine rings is 2. The molecular formula is C21H19ClF3N5O3S. The van der Waals surface area contributed by atoms with Crippen LogP contribution in [0.4, 0.5) is 13.2 Å². The number of nitrogens with two attached hydrogens (primary N) is 1. The van der Waals surface area contributed by atoms with Gasteiger partial charge in [0.1, 0.15) is 16.1 Å². The van der Waals surface area contributed by atoms with Crippen LogP contribution >= 0.6 is 11.6 Å². The van der Waals surface area contributed by atoms with E-state index in [1.54, 1.807) is 10.8 Å². The molecule has 3 aromatic heterocycles. The number of sulfonamides is 1. The molecule has 0 unspecified atom stereocenters. The van der Waals surface area contributed by atoms with Crippen LogP contribution in [0.3, 0.4) is 0 Å². The average molecular weight is 514 g/mol. The molecule has 180 valence electrons. The van der Waals surface area contributed by atoms with E-state index in [1.807, 2.05) is 4.57 Å². The Morgan fingerprint density at radius 3 is 2.41 bits per heavy atom. The van der Waals surface area contributed by atoms with Gasteiger partial charge in [-0.3, -0.25) is 9.78 Å². The second kappa shape index (κ2) is 7.65. The van der Waals surface area contributed by atoms with E-state index in [2.05, 4.69) is 9.97 Å². The molecule has 3 N–H and O–H groups in total. The van der Waals surface area contributed by atoms with E-state index in [9.17, 15) is 26.4 Å². The molecule has 34 heavy (non-hydrogen) atoms. The van der Waals surface area contributed by atoms with Gasteiger partial charge in [-0.05, 0) is 50.3 Å². The summed E-state index contributed by atoms with van der Waals surface area (Å²) in [5, 5.41) is 0.759. The predicted octanol–water partition coefficient (Wildman–Crippen LogP) is 3.95. The number of halogens is 4. The number of carbonyl (C=O) groups excluding carboxylic acids is 1. The lowest BCUT2D eigenvalue weighted by molar-refractivity contribution is -0.160. The number of fused-ring (bicyclic) bond motifs is 1. The van der Waals surface area contributed by atoms with Crippen LogP contribution in [0.25, 0.3) is 22.4 Å². The zero-order valence-corrected chi connectivity index (χ0v) is 19.1. The van der Waals surface area contributed by atoms with Crippen molar-refractivity contribution in [3.63, 3.8) is 0 Å². The fourth-order valence-corrected chi connectivity index (χ4v) is 5.78. The molecule has 5 rings (SSSR count). The number of nitrogens with zero attached hydrogens (tertiary/aromatic N) is 3. The molecule has 2 aliphatic carbocycles. The summed E-state index contributed by atoms with van der Waals surface area (Å²) in [5.74, 6) is -0.733. The van der Waals surface area contributed by atoms with Crippen LogP contribution in [0.1, 0.15) is 48.5 Å². The second-order valence-corrected chi connectivity index (χ2v) is 10.8. The lowest BCUT2D eigenvalue weighted by Gasteiger charge is -2.29. The summed E-state index contributed by atoms with van der Waals surface area (Å²) in [6.07, 6.45) is -0.234. The Bertz CT molecular complexity index is 1410. The third kappa shape index (κ3) is 3.64. The third-order valence-electron chi connectivity index (χ3n) is 6.41. The van der Waals surface area contributed by atoms with Gasteiger partial charge < -0.3 is 10.3 Å². The molecule has 2 aliphatic rings. The van der Waals surface area contributed by atoms with Gasteiger partial charge in [0.2, 0.25) is 10.0 Å². The number of alkyl halides is 3. The molecule has 0 bridgehead atoms. The molecule has 1 amide bonds. The molecule has 3 aromatic rings. The Morgan fingerprint density at radius 1 is 1.21 bits per heavy atom. The van der Waals surface area contributed by atoms with Crippen molar-refractivity contribution < 1.29 is 26.4 Å². The number of primary amides is 1. The Hall–Kier alpha value is -2.70. The minimum absolute atomic E-state index is 0.0349. The monoisotopic (exact) mass is 513 g/mol. The number of amides is 1. The Balaban J connectivity index is 1.60. The highest BCUT2D eigenvalue weighted by Gasteiger charge is 2.65. The summed E-state index contributed by atoms with van der Waals surface area (Å²) in [4.78, 5) is 20.6. The topological polar surface area (TPSA) is 120 Å². The van der Waals surface area contributed by atoms with Crippen LogP contribution in [-0.4, -0.2) is 40.6 Å². The number of rotatable bonds is 6. The van der Waals surface area contributed by atoms with Crippen molar-refractivity contribution in [2.45, 2.75) is 54.8 Å². The molecule has 3 heterocycles.